The minimum Gasteiger partial charge on any atom is -0.299 e. The van der Waals surface area contributed by atoms with Gasteiger partial charge in [-0.15, -0.1) is 0 Å². The van der Waals surface area contributed by atoms with Crippen LogP contribution in [0.2, 0.25) is 0 Å². The molecule has 0 spiro atoms. The average Bonchev–Trinajstić information content (AvgIpc) is 2.48. The molecule has 1 aromatic carbocycles. The number of aryl methyl sites for hydroxylation is 1. The molecule has 3 rings (SSSR count). The Morgan fingerprint density at radius 3 is 2.71 bits per heavy atom. The van der Waals surface area contributed by atoms with Gasteiger partial charge in [-0.1, -0.05) is 31.2 Å². The van der Waals surface area contributed by atoms with Crippen LogP contribution in [-0.4, -0.2) is 5.78 Å². The molecule has 0 aliphatic heterocycles. The van der Waals surface area contributed by atoms with Crippen LogP contribution in [0.25, 0.3) is 0 Å². The summed E-state index contributed by atoms with van der Waals surface area (Å²) in [5.74, 6) is 0.787. The SMILES string of the molecule is C[C@]12CCCC(=O)[C@@H]1Cc1ccccc1CC2. The number of carbonyl (C=O) groups is 1. The minimum atomic E-state index is 0.258. The van der Waals surface area contributed by atoms with Gasteiger partial charge in [0.15, 0.2) is 0 Å². The maximum atomic E-state index is 12.2. The Hall–Kier alpha value is -1.11. The first-order valence-corrected chi connectivity index (χ1v) is 6.78. The molecule has 2 aliphatic carbocycles. The summed E-state index contributed by atoms with van der Waals surface area (Å²) < 4.78 is 0. The molecule has 0 unspecified atom stereocenters. The summed E-state index contributed by atoms with van der Waals surface area (Å²) >= 11 is 0. The van der Waals surface area contributed by atoms with E-state index in [1.165, 1.54) is 24.0 Å². The van der Waals surface area contributed by atoms with Crippen molar-refractivity contribution in [1.29, 1.82) is 0 Å². The number of fused-ring (bicyclic) bond motifs is 2. The number of hydrogen-bond acceptors (Lipinski definition) is 1. The van der Waals surface area contributed by atoms with E-state index in [1.807, 2.05) is 0 Å². The van der Waals surface area contributed by atoms with E-state index in [0.29, 0.717) is 5.78 Å². The smallest absolute Gasteiger partial charge is 0.136 e. The van der Waals surface area contributed by atoms with Gasteiger partial charge >= 0.3 is 0 Å². The zero-order chi connectivity index (χ0) is 11.9. The zero-order valence-electron chi connectivity index (χ0n) is 10.5. The quantitative estimate of drug-likeness (QED) is 0.663. The van der Waals surface area contributed by atoms with Crippen LogP contribution in [0.3, 0.4) is 0 Å². The summed E-state index contributed by atoms with van der Waals surface area (Å²) in [6.07, 6.45) is 6.45. The Morgan fingerprint density at radius 1 is 1.12 bits per heavy atom. The van der Waals surface area contributed by atoms with Crippen molar-refractivity contribution < 1.29 is 4.79 Å². The summed E-state index contributed by atoms with van der Waals surface area (Å²) in [6, 6.07) is 8.68. The van der Waals surface area contributed by atoms with Crippen LogP contribution in [0.15, 0.2) is 24.3 Å². The highest BCUT2D eigenvalue weighted by Crippen LogP contribution is 2.46. The molecule has 1 aromatic rings. The van der Waals surface area contributed by atoms with Crippen molar-refractivity contribution in [3.8, 4) is 0 Å². The van der Waals surface area contributed by atoms with Crippen molar-refractivity contribution in [3.05, 3.63) is 35.4 Å². The molecule has 0 heterocycles. The molecular formula is C16H20O. The summed E-state index contributed by atoms with van der Waals surface area (Å²) in [6.45, 7) is 2.33. The lowest BCUT2D eigenvalue weighted by molar-refractivity contribution is -0.130. The number of Topliss-reactive ketones (excluding diaryl/α,β-unsaturated/α-hetero) is 1. The Morgan fingerprint density at radius 2 is 1.88 bits per heavy atom. The molecule has 0 bridgehead atoms. The largest absolute Gasteiger partial charge is 0.299 e. The molecule has 2 atom stereocenters. The van der Waals surface area contributed by atoms with E-state index in [9.17, 15) is 4.79 Å². The third-order valence-electron chi connectivity index (χ3n) is 4.91. The second-order valence-electron chi connectivity index (χ2n) is 6.00. The molecular weight excluding hydrogens is 208 g/mol. The Balaban J connectivity index is 1.99. The van der Waals surface area contributed by atoms with Gasteiger partial charge in [-0.25, -0.2) is 0 Å². The molecule has 90 valence electrons. The lowest BCUT2D eigenvalue weighted by Gasteiger charge is -2.39. The van der Waals surface area contributed by atoms with E-state index >= 15 is 0 Å². The predicted octanol–water partition coefficient (Wildman–Crippen LogP) is 3.55. The highest BCUT2D eigenvalue weighted by Gasteiger charge is 2.42. The van der Waals surface area contributed by atoms with Gasteiger partial charge in [0.1, 0.15) is 5.78 Å². The summed E-state index contributed by atoms with van der Waals surface area (Å²) in [7, 11) is 0. The third kappa shape index (κ3) is 1.82. The van der Waals surface area contributed by atoms with E-state index in [1.54, 1.807) is 0 Å². The van der Waals surface area contributed by atoms with Crippen LogP contribution >= 0.6 is 0 Å². The number of benzene rings is 1. The molecule has 0 N–H and O–H groups in total. The minimum absolute atomic E-state index is 0.258. The van der Waals surface area contributed by atoms with Crippen LogP contribution < -0.4 is 0 Å². The van der Waals surface area contributed by atoms with Gasteiger partial charge in [-0.3, -0.25) is 4.79 Å². The van der Waals surface area contributed by atoms with Crippen LogP contribution in [0, 0.1) is 11.3 Å². The second-order valence-corrected chi connectivity index (χ2v) is 6.00. The molecule has 2 aliphatic rings. The average molecular weight is 228 g/mol. The molecule has 17 heavy (non-hydrogen) atoms. The summed E-state index contributed by atoms with van der Waals surface area (Å²) in [5, 5.41) is 0. The van der Waals surface area contributed by atoms with Gasteiger partial charge in [0.05, 0.1) is 0 Å². The molecule has 1 fully saturated rings. The van der Waals surface area contributed by atoms with Crippen molar-refractivity contribution in [1.82, 2.24) is 0 Å². The van der Waals surface area contributed by atoms with E-state index in [4.69, 9.17) is 0 Å². The number of carbonyl (C=O) groups excluding carboxylic acids is 1. The fraction of sp³-hybridized carbons (Fsp3) is 0.562. The molecule has 0 radical (unpaired) electrons. The number of rotatable bonds is 0. The van der Waals surface area contributed by atoms with E-state index in [0.717, 1.165) is 25.7 Å². The van der Waals surface area contributed by atoms with Gasteiger partial charge in [-0.2, -0.15) is 0 Å². The standard InChI is InChI=1S/C16H20O/c1-16-9-4-7-15(17)14(16)11-13-6-3-2-5-12(13)8-10-16/h2-3,5-6,14H,4,7-11H2,1H3/t14-,16+/m0/s1. The van der Waals surface area contributed by atoms with Crippen molar-refractivity contribution in [2.24, 2.45) is 11.3 Å². The first-order valence-electron chi connectivity index (χ1n) is 6.78. The molecule has 1 nitrogen and oxygen atoms in total. The van der Waals surface area contributed by atoms with E-state index < -0.39 is 0 Å². The second kappa shape index (κ2) is 3.97. The molecule has 1 saturated carbocycles. The highest BCUT2D eigenvalue weighted by atomic mass is 16.1. The third-order valence-corrected chi connectivity index (χ3v) is 4.91. The highest BCUT2D eigenvalue weighted by molar-refractivity contribution is 5.83. The lowest BCUT2D eigenvalue weighted by Crippen LogP contribution is -2.38. The van der Waals surface area contributed by atoms with E-state index in [2.05, 4.69) is 31.2 Å². The predicted molar refractivity (Wildman–Crippen MR) is 68.9 cm³/mol. The maximum Gasteiger partial charge on any atom is 0.136 e. The fourth-order valence-corrected chi connectivity index (χ4v) is 3.70. The fourth-order valence-electron chi connectivity index (χ4n) is 3.70. The first-order chi connectivity index (χ1) is 8.19. The maximum absolute atomic E-state index is 12.2. The molecule has 1 heteroatoms. The van der Waals surface area contributed by atoms with Crippen LogP contribution in [0.5, 0.6) is 0 Å². The van der Waals surface area contributed by atoms with Gasteiger partial charge in [0.2, 0.25) is 0 Å². The lowest BCUT2D eigenvalue weighted by atomic mass is 9.64. The number of hydrogen-bond donors (Lipinski definition) is 0. The summed E-state index contributed by atoms with van der Waals surface area (Å²) in [4.78, 5) is 12.2. The topological polar surface area (TPSA) is 17.1 Å². The Labute approximate surface area is 103 Å². The molecule has 0 amide bonds. The van der Waals surface area contributed by atoms with Crippen LogP contribution in [0.4, 0.5) is 0 Å². The molecule has 0 saturated heterocycles. The van der Waals surface area contributed by atoms with Gasteiger partial charge in [-0.05, 0) is 48.6 Å². The van der Waals surface area contributed by atoms with E-state index in [-0.39, 0.29) is 11.3 Å². The number of ketones is 1. The van der Waals surface area contributed by atoms with Crippen LogP contribution in [-0.2, 0) is 17.6 Å². The van der Waals surface area contributed by atoms with Gasteiger partial charge in [0, 0.05) is 12.3 Å². The van der Waals surface area contributed by atoms with Gasteiger partial charge < -0.3 is 0 Å². The van der Waals surface area contributed by atoms with Crippen molar-refractivity contribution in [3.63, 3.8) is 0 Å². The van der Waals surface area contributed by atoms with Crippen molar-refractivity contribution >= 4 is 5.78 Å². The van der Waals surface area contributed by atoms with Crippen molar-refractivity contribution in [2.75, 3.05) is 0 Å². The normalized spacial score (nSPS) is 32.5. The Bertz CT molecular complexity index is 449. The van der Waals surface area contributed by atoms with Crippen molar-refractivity contribution in [2.45, 2.75) is 45.4 Å². The monoisotopic (exact) mass is 228 g/mol. The molecule has 0 aromatic heterocycles. The Kier molecular flexibility index (Phi) is 2.57. The zero-order valence-corrected chi connectivity index (χ0v) is 10.5. The summed E-state index contributed by atoms with van der Waals surface area (Å²) in [5.41, 5.74) is 3.14. The van der Waals surface area contributed by atoms with Crippen LogP contribution in [0.1, 0.15) is 43.7 Å². The van der Waals surface area contributed by atoms with Gasteiger partial charge in [0.25, 0.3) is 0 Å². The first kappa shape index (κ1) is 11.0.